The molecule has 3 heterocycles. The molecule has 26 heavy (non-hydrogen) atoms. The van der Waals surface area contributed by atoms with E-state index in [0.717, 1.165) is 6.07 Å². The van der Waals surface area contributed by atoms with E-state index in [1.807, 2.05) is 11.8 Å². The van der Waals surface area contributed by atoms with Gasteiger partial charge in [-0.25, -0.2) is 9.97 Å². The van der Waals surface area contributed by atoms with E-state index < -0.39 is 23.2 Å². The Morgan fingerprint density at radius 3 is 2.77 bits per heavy atom. The number of halogens is 3. The van der Waals surface area contributed by atoms with Crippen molar-refractivity contribution in [1.29, 1.82) is 0 Å². The number of carbonyl (C=O) groups is 1. The van der Waals surface area contributed by atoms with E-state index in [4.69, 9.17) is 5.73 Å². The van der Waals surface area contributed by atoms with Gasteiger partial charge in [-0.05, 0) is 31.2 Å². The molecule has 2 aromatic heterocycles. The van der Waals surface area contributed by atoms with Crippen LogP contribution in [0.3, 0.4) is 0 Å². The largest absolute Gasteiger partial charge is 0.418 e. The highest BCUT2D eigenvalue weighted by atomic mass is 19.4. The maximum atomic E-state index is 13.4. The van der Waals surface area contributed by atoms with E-state index in [2.05, 4.69) is 15.3 Å². The molecule has 0 aromatic carbocycles. The van der Waals surface area contributed by atoms with Crippen LogP contribution in [0.4, 0.5) is 24.8 Å². The summed E-state index contributed by atoms with van der Waals surface area (Å²) < 4.78 is 40.2. The first-order valence-corrected chi connectivity index (χ1v) is 8.10. The van der Waals surface area contributed by atoms with Crippen LogP contribution in [0.5, 0.6) is 0 Å². The second-order valence-electron chi connectivity index (χ2n) is 6.08. The van der Waals surface area contributed by atoms with Crippen molar-refractivity contribution in [2.24, 2.45) is 0 Å². The van der Waals surface area contributed by atoms with Gasteiger partial charge in [-0.15, -0.1) is 0 Å². The summed E-state index contributed by atoms with van der Waals surface area (Å²) >= 11 is 0. The van der Waals surface area contributed by atoms with Crippen molar-refractivity contribution in [3.63, 3.8) is 0 Å². The fourth-order valence-corrected chi connectivity index (χ4v) is 2.93. The van der Waals surface area contributed by atoms with Crippen molar-refractivity contribution in [3.8, 4) is 0 Å². The average molecular weight is 365 g/mol. The number of pyridine rings is 2. The Kier molecular flexibility index (Phi) is 4.82. The topological polar surface area (TPSA) is 84.1 Å². The first kappa shape index (κ1) is 18.1. The predicted octanol–water partition coefficient (Wildman–Crippen LogP) is 2.11. The molecule has 3 N–H and O–H groups in total. The van der Waals surface area contributed by atoms with Gasteiger partial charge in [-0.2, -0.15) is 13.2 Å². The highest BCUT2D eigenvalue weighted by Gasteiger charge is 2.37. The number of hydrogen-bond donors (Lipinski definition) is 2. The van der Waals surface area contributed by atoms with Crippen LogP contribution in [-0.4, -0.2) is 41.4 Å². The molecule has 3 rings (SSSR count). The predicted molar refractivity (Wildman–Crippen MR) is 91.0 cm³/mol. The zero-order valence-corrected chi connectivity index (χ0v) is 14.0. The average Bonchev–Trinajstić information content (AvgIpc) is 2.61. The summed E-state index contributed by atoms with van der Waals surface area (Å²) in [7, 11) is 0. The number of nitrogens with two attached hydrogens (primary N) is 1. The minimum absolute atomic E-state index is 0.0411. The molecule has 138 valence electrons. The Morgan fingerprint density at radius 1 is 1.35 bits per heavy atom. The third-order valence-corrected chi connectivity index (χ3v) is 4.28. The van der Waals surface area contributed by atoms with Crippen LogP contribution >= 0.6 is 0 Å². The monoisotopic (exact) mass is 365 g/mol. The van der Waals surface area contributed by atoms with Crippen molar-refractivity contribution in [2.75, 3.05) is 30.3 Å². The zero-order valence-electron chi connectivity index (χ0n) is 14.0. The number of carbonyl (C=O) groups excluding carboxylic acids is 1. The van der Waals surface area contributed by atoms with E-state index >= 15 is 0 Å². The molecule has 0 amide bonds. The van der Waals surface area contributed by atoms with Gasteiger partial charge in [-0.3, -0.25) is 4.79 Å². The molecular weight excluding hydrogens is 347 g/mol. The van der Waals surface area contributed by atoms with E-state index in [1.54, 1.807) is 0 Å². The van der Waals surface area contributed by atoms with Gasteiger partial charge in [0.25, 0.3) is 0 Å². The highest BCUT2D eigenvalue weighted by Crippen LogP contribution is 2.34. The molecule has 0 unspecified atom stereocenters. The van der Waals surface area contributed by atoms with Crippen LogP contribution in [0.2, 0.25) is 0 Å². The first-order chi connectivity index (χ1) is 12.3. The molecule has 0 saturated carbocycles. The van der Waals surface area contributed by atoms with E-state index in [9.17, 15) is 18.0 Å². The van der Waals surface area contributed by atoms with Gasteiger partial charge >= 0.3 is 6.18 Å². The first-order valence-electron chi connectivity index (χ1n) is 8.10. The fourth-order valence-electron chi connectivity index (χ4n) is 2.93. The van der Waals surface area contributed by atoms with Gasteiger partial charge in [0.2, 0.25) is 5.78 Å². The van der Waals surface area contributed by atoms with Gasteiger partial charge in [0, 0.05) is 31.9 Å². The molecule has 0 radical (unpaired) electrons. The molecule has 2 aromatic rings. The summed E-state index contributed by atoms with van der Waals surface area (Å²) in [6, 6.07) is 5.02. The van der Waals surface area contributed by atoms with Crippen LogP contribution in [-0.2, 0) is 6.18 Å². The number of nitrogens with zero attached hydrogens (tertiary/aromatic N) is 3. The van der Waals surface area contributed by atoms with Gasteiger partial charge < -0.3 is 16.0 Å². The number of hydrogen-bond acceptors (Lipinski definition) is 6. The lowest BCUT2D eigenvalue weighted by atomic mass is 10.0. The molecule has 0 spiro atoms. The maximum absolute atomic E-state index is 13.4. The number of rotatable bonds is 3. The van der Waals surface area contributed by atoms with Gasteiger partial charge in [0.05, 0.1) is 11.1 Å². The van der Waals surface area contributed by atoms with Crippen LogP contribution in [0.15, 0.2) is 30.5 Å². The number of nitrogens with one attached hydrogen (secondary N) is 1. The van der Waals surface area contributed by atoms with Crippen molar-refractivity contribution in [2.45, 2.75) is 19.1 Å². The standard InChI is InChI=1S/C17H18F3N5O/c1-10-9-22-7-8-25(10)13-5-4-12(17(18,19)20)14(24-13)15(26)11-3-2-6-23-16(11)21/h2-6,10,22H,7-9H2,1H3,(H2,21,23)/t10-/m1/s1. The molecule has 1 saturated heterocycles. The van der Waals surface area contributed by atoms with Crippen LogP contribution in [0.25, 0.3) is 0 Å². The number of anilines is 2. The van der Waals surface area contributed by atoms with Gasteiger partial charge in [0.1, 0.15) is 17.3 Å². The Morgan fingerprint density at radius 2 is 2.12 bits per heavy atom. The van der Waals surface area contributed by atoms with E-state index in [-0.39, 0.29) is 17.4 Å². The Bertz CT molecular complexity index is 824. The molecule has 0 bridgehead atoms. The van der Waals surface area contributed by atoms with Crippen molar-refractivity contribution < 1.29 is 18.0 Å². The van der Waals surface area contributed by atoms with E-state index in [1.165, 1.54) is 24.4 Å². The fraction of sp³-hybridized carbons (Fsp3) is 0.353. The quantitative estimate of drug-likeness (QED) is 0.811. The van der Waals surface area contributed by atoms with Crippen LogP contribution in [0.1, 0.15) is 28.5 Å². The summed E-state index contributed by atoms with van der Waals surface area (Å²) in [5.74, 6) is -0.696. The Hall–Kier alpha value is -2.68. The summed E-state index contributed by atoms with van der Waals surface area (Å²) in [5, 5.41) is 3.20. The summed E-state index contributed by atoms with van der Waals surface area (Å²) in [5.41, 5.74) is 3.81. The molecule has 9 heteroatoms. The third-order valence-electron chi connectivity index (χ3n) is 4.28. The summed E-state index contributed by atoms with van der Waals surface area (Å²) in [6.07, 6.45) is -3.34. The lowest BCUT2D eigenvalue weighted by Gasteiger charge is -2.35. The number of nitrogen functional groups attached to an aromatic ring is 1. The van der Waals surface area contributed by atoms with E-state index in [0.29, 0.717) is 25.5 Å². The lowest BCUT2D eigenvalue weighted by molar-refractivity contribution is -0.138. The molecule has 1 atom stereocenters. The SMILES string of the molecule is C[C@@H]1CNCCN1c1ccc(C(F)(F)F)c(C(=O)c2cccnc2N)n1. The number of alkyl halides is 3. The molecule has 1 fully saturated rings. The van der Waals surface area contributed by atoms with Crippen molar-refractivity contribution in [3.05, 3.63) is 47.3 Å². The highest BCUT2D eigenvalue weighted by molar-refractivity contribution is 6.11. The second kappa shape index (κ2) is 6.91. The minimum atomic E-state index is -4.71. The number of ketones is 1. The molecular formula is C17H18F3N5O. The second-order valence-corrected chi connectivity index (χ2v) is 6.08. The van der Waals surface area contributed by atoms with Gasteiger partial charge in [0.15, 0.2) is 0 Å². The third kappa shape index (κ3) is 3.48. The summed E-state index contributed by atoms with van der Waals surface area (Å²) in [6.45, 7) is 3.89. The minimum Gasteiger partial charge on any atom is -0.383 e. The van der Waals surface area contributed by atoms with Crippen LogP contribution in [0, 0.1) is 0 Å². The normalized spacial score (nSPS) is 18.0. The lowest BCUT2D eigenvalue weighted by Crippen LogP contribution is -2.50. The molecule has 0 aliphatic carbocycles. The molecule has 1 aliphatic rings. The van der Waals surface area contributed by atoms with Gasteiger partial charge in [-0.1, -0.05) is 0 Å². The maximum Gasteiger partial charge on any atom is 0.418 e. The number of piperazine rings is 1. The molecule has 1 aliphatic heterocycles. The Balaban J connectivity index is 2.10. The smallest absolute Gasteiger partial charge is 0.383 e. The van der Waals surface area contributed by atoms with Crippen molar-refractivity contribution >= 4 is 17.4 Å². The van der Waals surface area contributed by atoms with Crippen molar-refractivity contribution in [1.82, 2.24) is 15.3 Å². The Labute approximate surface area is 148 Å². The summed E-state index contributed by atoms with van der Waals surface area (Å²) in [4.78, 5) is 22.5. The molecule has 6 nitrogen and oxygen atoms in total. The number of aromatic nitrogens is 2. The van der Waals surface area contributed by atoms with Crippen LogP contribution < -0.4 is 16.0 Å². The zero-order chi connectivity index (χ0) is 18.9.